The maximum absolute atomic E-state index is 11.9. The summed E-state index contributed by atoms with van der Waals surface area (Å²) in [7, 11) is -3.44. The number of hydrogen-bond acceptors (Lipinski definition) is 4. The molecule has 92 valence electrons. The number of nitriles is 1. The van der Waals surface area contributed by atoms with Crippen molar-refractivity contribution >= 4 is 21.4 Å². The average molecular weight is 270 g/mol. The molecule has 1 atom stereocenters. The summed E-state index contributed by atoms with van der Waals surface area (Å²) in [6.07, 6.45) is 1.06. The van der Waals surface area contributed by atoms with Crippen LogP contribution < -0.4 is 4.72 Å². The van der Waals surface area contributed by atoms with Crippen LogP contribution in [0.3, 0.4) is 0 Å². The number of thiophene rings is 1. The molecule has 0 aromatic carbocycles. The van der Waals surface area contributed by atoms with E-state index in [4.69, 9.17) is 5.26 Å². The van der Waals surface area contributed by atoms with Gasteiger partial charge in [0.25, 0.3) is 0 Å². The molecule has 1 aliphatic rings. The van der Waals surface area contributed by atoms with Crippen molar-refractivity contribution in [2.75, 3.05) is 6.54 Å². The minimum atomic E-state index is -3.44. The zero-order chi connectivity index (χ0) is 12.7. The fourth-order valence-electron chi connectivity index (χ4n) is 1.73. The first-order valence-electron chi connectivity index (χ1n) is 5.35. The Kier molecular flexibility index (Phi) is 3.02. The Morgan fingerprint density at radius 3 is 2.71 bits per heavy atom. The molecule has 1 heterocycles. The lowest BCUT2D eigenvalue weighted by Crippen LogP contribution is -2.26. The van der Waals surface area contributed by atoms with Gasteiger partial charge in [-0.2, -0.15) is 5.26 Å². The molecule has 1 saturated carbocycles. The Labute approximate surface area is 105 Å². The summed E-state index contributed by atoms with van der Waals surface area (Å²) in [6.45, 7) is 4.74. The molecule has 0 spiro atoms. The highest BCUT2D eigenvalue weighted by Gasteiger charge is 2.45. The first-order chi connectivity index (χ1) is 7.85. The smallest absolute Gasteiger partial charge is 0.210 e. The van der Waals surface area contributed by atoms with Crippen LogP contribution in [0.4, 0.5) is 0 Å². The van der Waals surface area contributed by atoms with Gasteiger partial charge in [0.05, 0.1) is 0 Å². The number of nitrogens with zero attached hydrogens (tertiary/aromatic N) is 1. The van der Waals surface area contributed by atoms with Gasteiger partial charge in [-0.3, -0.25) is 0 Å². The van der Waals surface area contributed by atoms with Gasteiger partial charge >= 0.3 is 0 Å². The molecule has 1 aromatic rings. The van der Waals surface area contributed by atoms with E-state index in [0.717, 1.165) is 17.8 Å². The van der Waals surface area contributed by atoms with E-state index in [2.05, 4.69) is 18.6 Å². The average Bonchev–Trinajstić information content (AvgIpc) is 2.68. The fourth-order valence-corrected chi connectivity index (χ4v) is 3.96. The van der Waals surface area contributed by atoms with E-state index in [9.17, 15) is 8.42 Å². The summed E-state index contributed by atoms with van der Waals surface area (Å²) in [4.78, 5) is 0.414. The predicted octanol–water partition coefficient (Wildman–Crippen LogP) is 1.94. The molecule has 6 heteroatoms. The predicted molar refractivity (Wildman–Crippen MR) is 66.1 cm³/mol. The highest BCUT2D eigenvalue weighted by molar-refractivity contribution is 7.91. The van der Waals surface area contributed by atoms with Crippen molar-refractivity contribution in [1.82, 2.24) is 4.72 Å². The maximum atomic E-state index is 11.9. The molecule has 4 nitrogen and oxygen atoms in total. The SMILES string of the molecule is CC1(C)CC1CNS(=O)(=O)c1ccc(C#N)s1. The van der Waals surface area contributed by atoms with E-state index in [-0.39, 0.29) is 9.62 Å². The standard InChI is InChI=1S/C11H14N2O2S2/c1-11(2)5-8(11)7-13-17(14,15)10-4-3-9(6-12)16-10/h3-4,8,13H,5,7H2,1-2H3. The summed E-state index contributed by atoms with van der Waals surface area (Å²) in [5, 5.41) is 8.66. The lowest BCUT2D eigenvalue weighted by Gasteiger charge is -2.05. The van der Waals surface area contributed by atoms with Crippen LogP contribution in [-0.2, 0) is 10.0 Å². The third-order valence-electron chi connectivity index (χ3n) is 3.19. The Hall–Kier alpha value is -0.900. The molecule has 1 aliphatic carbocycles. The van der Waals surface area contributed by atoms with E-state index < -0.39 is 10.0 Å². The van der Waals surface area contributed by atoms with Crippen LogP contribution in [0.15, 0.2) is 16.3 Å². The molecule has 1 aromatic heterocycles. The Morgan fingerprint density at radius 1 is 1.59 bits per heavy atom. The first kappa shape index (κ1) is 12.6. The summed E-state index contributed by atoms with van der Waals surface area (Å²) >= 11 is 1.00. The van der Waals surface area contributed by atoms with Crippen LogP contribution in [0.25, 0.3) is 0 Å². The van der Waals surface area contributed by atoms with Gasteiger partial charge in [-0.1, -0.05) is 13.8 Å². The van der Waals surface area contributed by atoms with Crippen molar-refractivity contribution in [3.05, 3.63) is 17.0 Å². The van der Waals surface area contributed by atoms with E-state index in [1.165, 1.54) is 12.1 Å². The third kappa shape index (κ3) is 2.68. The van der Waals surface area contributed by atoms with Crippen molar-refractivity contribution in [2.24, 2.45) is 11.3 Å². The van der Waals surface area contributed by atoms with Crippen molar-refractivity contribution in [3.63, 3.8) is 0 Å². The fraction of sp³-hybridized carbons (Fsp3) is 0.545. The van der Waals surface area contributed by atoms with Gasteiger partial charge in [-0.05, 0) is 29.9 Å². The summed E-state index contributed by atoms with van der Waals surface area (Å²) in [6, 6.07) is 4.94. The van der Waals surface area contributed by atoms with E-state index >= 15 is 0 Å². The Balaban J connectivity index is 2.02. The lowest BCUT2D eigenvalue weighted by atomic mass is 10.1. The van der Waals surface area contributed by atoms with Crippen LogP contribution >= 0.6 is 11.3 Å². The van der Waals surface area contributed by atoms with Crippen LogP contribution in [0.2, 0.25) is 0 Å². The monoisotopic (exact) mass is 270 g/mol. The highest BCUT2D eigenvalue weighted by Crippen LogP contribution is 2.51. The maximum Gasteiger partial charge on any atom is 0.250 e. The molecule has 0 radical (unpaired) electrons. The molecular formula is C11H14N2O2S2. The second-order valence-electron chi connectivity index (χ2n) is 4.97. The number of hydrogen-bond donors (Lipinski definition) is 1. The highest BCUT2D eigenvalue weighted by atomic mass is 32.2. The molecule has 0 amide bonds. The van der Waals surface area contributed by atoms with Gasteiger partial charge in [-0.15, -0.1) is 11.3 Å². The van der Waals surface area contributed by atoms with Crippen LogP contribution in [-0.4, -0.2) is 15.0 Å². The summed E-state index contributed by atoms with van der Waals surface area (Å²) in [5.41, 5.74) is 0.260. The number of rotatable bonds is 4. The molecular weight excluding hydrogens is 256 g/mol. The van der Waals surface area contributed by atoms with Crippen molar-refractivity contribution in [1.29, 1.82) is 5.26 Å². The largest absolute Gasteiger partial charge is 0.250 e. The van der Waals surface area contributed by atoms with Gasteiger partial charge in [0.1, 0.15) is 15.2 Å². The molecule has 0 bridgehead atoms. The van der Waals surface area contributed by atoms with Gasteiger partial charge in [-0.25, -0.2) is 13.1 Å². The molecule has 1 N–H and O–H groups in total. The van der Waals surface area contributed by atoms with Crippen molar-refractivity contribution in [3.8, 4) is 6.07 Å². The van der Waals surface area contributed by atoms with Crippen LogP contribution in [0.1, 0.15) is 25.1 Å². The summed E-state index contributed by atoms with van der Waals surface area (Å²) < 4.78 is 26.6. The normalized spacial score (nSPS) is 22.1. The molecule has 17 heavy (non-hydrogen) atoms. The molecule has 0 aliphatic heterocycles. The molecule has 1 unspecified atom stereocenters. The zero-order valence-corrected chi connectivity index (χ0v) is 11.4. The molecule has 0 saturated heterocycles. The Bertz CT molecular complexity index is 567. The minimum Gasteiger partial charge on any atom is -0.210 e. The van der Waals surface area contributed by atoms with Crippen molar-refractivity contribution < 1.29 is 8.42 Å². The van der Waals surface area contributed by atoms with E-state index in [0.29, 0.717) is 17.3 Å². The quantitative estimate of drug-likeness (QED) is 0.909. The third-order valence-corrected chi connectivity index (χ3v) is 6.10. The van der Waals surface area contributed by atoms with Crippen molar-refractivity contribution in [2.45, 2.75) is 24.5 Å². The van der Waals surface area contributed by atoms with Gasteiger partial charge in [0, 0.05) is 6.54 Å². The molecule has 2 rings (SSSR count). The number of nitrogens with one attached hydrogen (secondary N) is 1. The van der Waals surface area contributed by atoms with Crippen LogP contribution in [0.5, 0.6) is 0 Å². The Morgan fingerprint density at radius 2 is 2.24 bits per heavy atom. The van der Waals surface area contributed by atoms with Gasteiger partial charge in [0.2, 0.25) is 10.0 Å². The summed E-state index contributed by atoms with van der Waals surface area (Å²) in [5.74, 6) is 0.424. The first-order valence-corrected chi connectivity index (χ1v) is 7.65. The van der Waals surface area contributed by atoms with Gasteiger partial charge in [0.15, 0.2) is 0 Å². The lowest BCUT2D eigenvalue weighted by molar-refractivity contribution is 0.538. The van der Waals surface area contributed by atoms with Gasteiger partial charge < -0.3 is 0 Å². The van der Waals surface area contributed by atoms with Crippen LogP contribution in [0, 0.1) is 22.7 Å². The van der Waals surface area contributed by atoms with E-state index in [1.54, 1.807) is 0 Å². The van der Waals surface area contributed by atoms with E-state index in [1.807, 2.05) is 6.07 Å². The minimum absolute atomic E-state index is 0.215. The zero-order valence-electron chi connectivity index (χ0n) is 9.73. The second-order valence-corrected chi connectivity index (χ2v) is 8.05. The topological polar surface area (TPSA) is 70.0 Å². The molecule has 1 fully saturated rings. The number of sulfonamides is 1. The second kappa shape index (κ2) is 4.09.